The van der Waals surface area contributed by atoms with Crippen LogP contribution in [0.2, 0.25) is 0 Å². The zero-order valence-electron chi connectivity index (χ0n) is 12.1. The molecule has 2 heterocycles. The van der Waals surface area contributed by atoms with E-state index in [1.165, 1.54) is 18.3 Å². The van der Waals surface area contributed by atoms with Crippen molar-refractivity contribution in [2.75, 3.05) is 4.90 Å². The van der Waals surface area contributed by atoms with Crippen molar-refractivity contribution < 1.29 is 19.5 Å². The Kier molecular flexibility index (Phi) is 4.68. The van der Waals surface area contributed by atoms with Crippen molar-refractivity contribution in [1.82, 2.24) is 4.98 Å². The van der Waals surface area contributed by atoms with Crippen molar-refractivity contribution in [1.29, 1.82) is 0 Å². The predicted octanol–water partition coefficient (Wildman–Crippen LogP) is 1.63. The average Bonchev–Trinajstić information content (AvgIpc) is 2.83. The van der Waals surface area contributed by atoms with Gasteiger partial charge in [0.25, 0.3) is 0 Å². The number of nitrogens with zero attached hydrogens (tertiary/aromatic N) is 2. The quantitative estimate of drug-likeness (QED) is 0.717. The monoisotopic (exact) mass is 405 g/mol. The second-order valence-electron chi connectivity index (χ2n) is 5.00. The summed E-state index contributed by atoms with van der Waals surface area (Å²) in [6, 6.07) is 9.65. The van der Waals surface area contributed by atoms with Gasteiger partial charge < -0.3 is 9.90 Å². The Morgan fingerprint density at radius 1 is 1.25 bits per heavy atom. The van der Waals surface area contributed by atoms with E-state index in [-0.39, 0.29) is 28.8 Å². The zero-order chi connectivity index (χ0) is 17.3. The van der Waals surface area contributed by atoms with Crippen LogP contribution < -0.4 is 10.0 Å². The highest BCUT2D eigenvalue weighted by Crippen LogP contribution is 2.34. The number of thioether (sulfide) groups is 1. The molecule has 1 aliphatic heterocycles. The number of halogens is 1. The minimum atomic E-state index is -1.37. The standard InChI is InChI=1S/C16H11BrN2O4S/c17-9-3-5-10(6-4-9)19-13(20)8-12(15(19)21)24-14-11(16(22)23)2-1-7-18-14/h1-7,12H,8H2,(H,22,23)/p-1/t12-/m1/s1. The second kappa shape index (κ2) is 6.74. The van der Waals surface area contributed by atoms with E-state index >= 15 is 0 Å². The van der Waals surface area contributed by atoms with E-state index in [0.717, 1.165) is 21.1 Å². The zero-order valence-corrected chi connectivity index (χ0v) is 14.5. The summed E-state index contributed by atoms with van der Waals surface area (Å²) in [6.45, 7) is 0. The molecule has 1 saturated heterocycles. The van der Waals surface area contributed by atoms with E-state index in [4.69, 9.17) is 0 Å². The Morgan fingerprint density at radius 3 is 2.62 bits per heavy atom. The van der Waals surface area contributed by atoms with Crippen LogP contribution in [0.1, 0.15) is 16.8 Å². The smallest absolute Gasteiger partial charge is 0.247 e. The summed E-state index contributed by atoms with van der Waals surface area (Å²) in [5, 5.41) is 10.6. The fourth-order valence-electron chi connectivity index (χ4n) is 2.33. The van der Waals surface area contributed by atoms with Gasteiger partial charge in [0.1, 0.15) is 5.03 Å². The first-order valence-electron chi connectivity index (χ1n) is 6.93. The maximum Gasteiger partial charge on any atom is 0.247 e. The number of hydrogen-bond acceptors (Lipinski definition) is 6. The van der Waals surface area contributed by atoms with Gasteiger partial charge in [-0.2, -0.15) is 0 Å². The molecule has 0 bridgehead atoms. The van der Waals surface area contributed by atoms with Gasteiger partial charge in [0.15, 0.2) is 0 Å². The van der Waals surface area contributed by atoms with Crippen LogP contribution in [0.5, 0.6) is 0 Å². The van der Waals surface area contributed by atoms with E-state index in [1.54, 1.807) is 24.3 Å². The first-order valence-corrected chi connectivity index (χ1v) is 8.60. The van der Waals surface area contributed by atoms with Gasteiger partial charge in [0.2, 0.25) is 11.8 Å². The third-order valence-corrected chi connectivity index (χ3v) is 5.17. The Morgan fingerprint density at radius 2 is 1.96 bits per heavy atom. The van der Waals surface area contributed by atoms with Gasteiger partial charge in [0.05, 0.1) is 16.9 Å². The molecule has 0 N–H and O–H groups in total. The van der Waals surface area contributed by atoms with E-state index in [2.05, 4.69) is 20.9 Å². The molecule has 0 radical (unpaired) electrons. The molecule has 1 aromatic heterocycles. The van der Waals surface area contributed by atoms with Crippen molar-refractivity contribution in [3.63, 3.8) is 0 Å². The van der Waals surface area contributed by atoms with Crippen molar-refractivity contribution in [2.24, 2.45) is 0 Å². The van der Waals surface area contributed by atoms with Crippen molar-refractivity contribution in [3.05, 3.63) is 52.6 Å². The van der Waals surface area contributed by atoms with Crippen molar-refractivity contribution in [3.8, 4) is 0 Å². The van der Waals surface area contributed by atoms with Crippen LogP contribution in [0.3, 0.4) is 0 Å². The topological polar surface area (TPSA) is 90.4 Å². The molecule has 0 saturated carbocycles. The molecule has 0 spiro atoms. The molecule has 0 unspecified atom stereocenters. The van der Waals surface area contributed by atoms with Crippen LogP contribution in [0, 0.1) is 0 Å². The molecular formula is C16H10BrN2O4S-. The number of aromatic nitrogens is 1. The summed E-state index contributed by atoms with van der Waals surface area (Å²) >= 11 is 4.27. The van der Waals surface area contributed by atoms with Crippen LogP contribution in [0.25, 0.3) is 0 Å². The molecule has 1 atom stereocenters. The lowest BCUT2D eigenvalue weighted by Crippen LogP contribution is -2.31. The molecule has 6 nitrogen and oxygen atoms in total. The minimum Gasteiger partial charge on any atom is -0.545 e. The van der Waals surface area contributed by atoms with Gasteiger partial charge in [-0.1, -0.05) is 27.7 Å². The molecule has 2 amide bonds. The second-order valence-corrected chi connectivity index (χ2v) is 7.11. The maximum absolute atomic E-state index is 12.6. The number of carbonyl (C=O) groups excluding carboxylic acids is 3. The van der Waals surface area contributed by atoms with Gasteiger partial charge in [-0.15, -0.1) is 0 Å². The number of anilines is 1. The highest BCUT2D eigenvalue weighted by Gasteiger charge is 2.40. The molecule has 1 fully saturated rings. The molecule has 2 aromatic rings. The number of imide groups is 1. The Bertz CT molecular complexity index is 825. The summed E-state index contributed by atoms with van der Waals surface area (Å²) in [7, 11) is 0. The summed E-state index contributed by atoms with van der Waals surface area (Å²) in [5.74, 6) is -2.08. The Labute approximate surface area is 150 Å². The van der Waals surface area contributed by atoms with Crippen LogP contribution in [0.4, 0.5) is 5.69 Å². The average molecular weight is 406 g/mol. The number of hydrogen-bond donors (Lipinski definition) is 0. The molecule has 1 aromatic carbocycles. The first-order chi connectivity index (χ1) is 11.5. The van der Waals surface area contributed by atoms with Crippen LogP contribution in [0.15, 0.2) is 52.1 Å². The lowest BCUT2D eigenvalue weighted by Gasteiger charge is -2.15. The molecule has 8 heteroatoms. The van der Waals surface area contributed by atoms with E-state index in [0.29, 0.717) is 5.69 Å². The van der Waals surface area contributed by atoms with Gasteiger partial charge in [-0.25, -0.2) is 9.88 Å². The van der Waals surface area contributed by atoms with Crippen LogP contribution >= 0.6 is 27.7 Å². The number of benzene rings is 1. The number of pyridine rings is 1. The summed E-state index contributed by atoms with van der Waals surface area (Å²) in [4.78, 5) is 41.0. The van der Waals surface area contributed by atoms with Gasteiger partial charge in [-0.3, -0.25) is 9.59 Å². The predicted molar refractivity (Wildman–Crippen MR) is 89.5 cm³/mol. The first kappa shape index (κ1) is 16.7. The SMILES string of the molecule is O=C([O-])c1cccnc1S[C@@H]1CC(=O)N(c2ccc(Br)cc2)C1=O. The number of aromatic carboxylic acids is 1. The molecule has 3 rings (SSSR count). The molecule has 1 aliphatic rings. The fraction of sp³-hybridized carbons (Fsp3) is 0.125. The van der Waals surface area contributed by atoms with E-state index in [9.17, 15) is 19.5 Å². The largest absolute Gasteiger partial charge is 0.545 e. The number of carboxylic acid groups (broad SMARTS) is 1. The summed E-state index contributed by atoms with van der Waals surface area (Å²) < 4.78 is 0.836. The molecule has 122 valence electrons. The number of amides is 2. The Balaban J connectivity index is 1.85. The van der Waals surface area contributed by atoms with Crippen LogP contribution in [-0.2, 0) is 9.59 Å². The third-order valence-electron chi connectivity index (χ3n) is 3.44. The number of carbonyl (C=O) groups is 3. The lowest BCUT2D eigenvalue weighted by molar-refractivity contribution is -0.255. The highest BCUT2D eigenvalue weighted by atomic mass is 79.9. The molecular weight excluding hydrogens is 396 g/mol. The van der Waals surface area contributed by atoms with Crippen LogP contribution in [-0.4, -0.2) is 28.0 Å². The summed E-state index contributed by atoms with van der Waals surface area (Å²) in [5.41, 5.74) is 0.391. The highest BCUT2D eigenvalue weighted by molar-refractivity contribution is 9.10. The summed E-state index contributed by atoms with van der Waals surface area (Å²) in [6.07, 6.45) is 1.42. The maximum atomic E-state index is 12.6. The van der Waals surface area contributed by atoms with Gasteiger partial charge in [0, 0.05) is 22.7 Å². The third kappa shape index (κ3) is 3.20. The van der Waals surface area contributed by atoms with Crippen molar-refractivity contribution in [2.45, 2.75) is 16.7 Å². The minimum absolute atomic E-state index is 0.0113. The Hall–Kier alpha value is -2.19. The van der Waals surface area contributed by atoms with Gasteiger partial charge >= 0.3 is 0 Å². The molecule has 0 aliphatic carbocycles. The normalized spacial score (nSPS) is 17.4. The van der Waals surface area contributed by atoms with Crippen molar-refractivity contribution >= 4 is 51.2 Å². The van der Waals surface area contributed by atoms with Gasteiger partial charge in [-0.05, 0) is 36.4 Å². The molecule has 24 heavy (non-hydrogen) atoms. The fourth-order valence-corrected chi connectivity index (χ4v) is 3.70. The number of rotatable bonds is 4. The van der Waals surface area contributed by atoms with E-state index < -0.39 is 11.2 Å². The van der Waals surface area contributed by atoms with E-state index in [1.807, 2.05) is 0 Å². The number of carboxylic acids is 1. The lowest BCUT2D eigenvalue weighted by atomic mass is 10.3.